The van der Waals surface area contributed by atoms with E-state index in [-0.39, 0.29) is 16.8 Å². The van der Waals surface area contributed by atoms with E-state index < -0.39 is 11.1 Å². The van der Waals surface area contributed by atoms with Gasteiger partial charge >= 0.3 is 0 Å². The highest BCUT2D eigenvalue weighted by molar-refractivity contribution is 7.79. The summed E-state index contributed by atoms with van der Waals surface area (Å²) in [5.74, 6) is 2.75. The Balaban J connectivity index is 1.54. The number of carbonyl (C=O) groups is 1. The van der Waals surface area contributed by atoms with Crippen LogP contribution in [0.4, 0.5) is 0 Å². The molecule has 4 bridgehead atoms. The average Bonchev–Trinajstić information content (AvgIpc) is 2.50. The molecule has 0 heterocycles. The van der Waals surface area contributed by atoms with Gasteiger partial charge in [-0.25, -0.2) is 4.21 Å². The van der Waals surface area contributed by atoms with Crippen molar-refractivity contribution in [3.63, 3.8) is 0 Å². The first kappa shape index (κ1) is 14.4. The van der Waals surface area contributed by atoms with Crippen LogP contribution in [0.5, 0.6) is 0 Å². The summed E-state index contributed by atoms with van der Waals surface area (Å²) in [6.07, 6.45) is 6.36. The van der Waals surface area contributed by atoms with Crippen LogP contribution in [0.2, 0.25) is 0 Å². The SMILES string of the molecule is O=C(NC1C2CC3CC(C2)CC1C3)c1ccccc1S(=O)O. The summed E-state index contributed by atoms with van der Waals surface area (Å²) in [7, 11) is 0. The van der Waals surface area contributed by atoms with Crippen molar-refractivity contribution >= 4 is 17.0 Å². The Hall–Kier alpha value is -1.20. The van der Waals surface area contributed by atoms with Crippen molar-refractivity contribution in [3.05, 3.63) is 29.8 Å². The van der Waals surface area contributed by atoms with Crippen LogP contribution >= 0.6 is 0 Å². The predicted octanol–water partition coefficient (Wildman–Crippen LogP) is 2.82. The van der Waals surface area contributed by atoms with E-state index in [1.165, 1.54) is 32.1 Å². The molecule has 118 valence electrons. The van der Waals surface area contributed by atoms with Crippen LogP contribution in [0, 0.1) is 23.7 Å². The zero-order valence-electron chi connectivity index (χ0n) is 12.4. The van der Waals surface area contributed by atoms with Crippen LogP contribution in [-0.2, 0) is 11.1 Å². The summed E-state index contributed by atoms with van der Waals surface area (Å²) in [6.45, 7) is 0. The standard InChI is InChI=1S/C17H21NO3S/c19-17(14-3-1-2-4-15(14)22(20)21)18-16-12-6-10-5-11(8-12)9-13(16)7-10/h1-4,10-13,16H,5-9H2,(H,18,19)(H,20,21). The van der Waals surface area contributed by atoms with Gasteiger partial charge < -0.3 is 9.87 Å². The highest BCUT2D eigenvalue weighted by Crippen LogP contribution is 2.53. The molecule has 1 aromatic carbocycles. The molecular formula is C17H21NO3S. The van der Waals surface area contributed by atoms with E-state index in [0.717, 1.165) is 11.8 Å². The molecule has 0 spiro atoms. The molecule has 0 radical (unpaired) electrons. The maximum atomic E-state index is 12.6. The van der Waals surface area contributed by atoms with E-state index in [1.54, 1.807) is 24.3 Å². The van der Waals surface area contributed by atoms with Gasteiger partial charge in [0.05, 0.1) is 10.5 Å². The molecule has 5 heteroatoms. The predicted molar refractivity (Wildman–Crippen MR) is 83.8 cm³/mol. The molecule has 4 fully saturated rings. The van der Waals surface area contributed by atoms with Crippen LogP contribution in [0.15, 0.2) is 29.2 Å². The van der Waals surface area contributed by atoms with Gasteiger partial charge in [-0.2, -0.15) is 0 Å². The Morgan fingerprint density at radius 1 is 1.05 bits per heavy atom. The van der Waals surface area contributed by atoms with Gasteiger partial charge in [-0.05, 0) is 67.9 Å². The van der Waals surface area contributed by atoms with Crippen molar-refractivity contribution in [2.24, 2.45) is 23.7 Å². The number of amides is 1. The van der Waals surface area contributed by atoms with Gasteiger partial charge in [0.2, 0.25) is 0 Å². The molecular weight excluding hydrogens is 298 g/mol. The number of hydrogen-bond donors (Lipinski definition) is 2. The summed E-state index contributed by atoms with van der Waals surface area (Å²) in [6, 6.07) is 6.85. The summed E-state index contributed by atoms with van der Waals surface area (Å²) in [5.41, 5.74) is 0.331. The summed E-state index contributed by atoms with van der Waals surface area (Å²) >= 11 is -2.13. The van der Waals surface area contributed by atoms with E-state index >= 15 is 0 Å². The van der Waals surface area contributed by atoms with Crippen LogP contribution in [0.1, 0.15) is 42.5 Å². The monoisotopic (exact) mass is 319 g/mol. The van der Waals surface area contributed by atoms with E-state index in [1.807, 2.05) is 0 Å². The van der Waals surface area contributed by atoms with Gasteiger partial charge in [0.15, 0.2) is 11.1 Å². The van der Waals surface area contributed by atoms with Crippen molar-refractivity contribution < 1.29 is 13.6 Å². The second-order valence-corrected chi connectivity index (χ2v) is 8.11. The maximum Gasteiger partial charge on any atom is 0.252 e. The van der Waals surface area contributed by atoms with Crippen LogP contribution in [0.25, 0.3) is 0 Å². The smallest absolute Gasteiger partial charge is 0.252 e. The molecule has 0 aromatic heterocycles. The van der Waals surface area contributed by atoms with Gasteiger partial charge in [0, 0.05) is 6.04 Å². The lowest BCUT2D eigenvalue weighted by Crippen LogP contribution is -2.55. The van der Waals surface area contributed by atoms with Gasteiger partial charge in [-0.15, -0.1) is 0 Å². The number of carbonyl (C=O) groups excluding carboxylic acids is 1. The largest absolute Gasteiger partial charge is 0.349 e. The molecule has 4 saturated carbocycles. The van der Waals surface area contributed by atoms with Crippen LogP contribution < -0.4 is 5.32 Å². The molecule has 1 atom stereocenters. The summed E-state index contributed by atoms with van der Waals surface area (Å²) in [4.78, 5) is 12.8. The lowest BCUT2D eigenvalue weighted by molar-refractivity contribution is -0.0120. The van der Waals surface area contributed by atoms with E-state index in [2.05, 4.69) is 5.32 Å². The van der Waals surface area contributed by atoms with Gasteiger partial charge in [-0.3, -0.25) is 4.79 Å². The lowest BCUT2D eigenvalue weighted by atomic mass is 9.54. The minimum Gasteiger partial charge on any atom is -0.349 e. The number of rotatable bonds is 3. The van der Waals surface area contributed by atoms with Crippen molar-refractivity contribution in [2.45, 2.75) is 43.0 Å². The molecule has 0 aliphatic heterocycles. The first-order valence-corrected chi connectivity index (χ1v) is 9.23. The van der Waals surface area contributed by atoms with Gasteiger partial charge in [0.25, 0.3) is 5.91 Å². The molecule has 5 rings (SSSR count). The third-order valence-electron chi connectivity index (χ3n) is 5.84. The molecule has 1 aromatic rings. The summed E-state index contributed by atoms with van der Waals surface area (Å²) < 4.78 is 20.7. The molecule has 22 heavy (non-hydrogen) atoms. The first-order chi connectivity index (χ1) is 10.6. The third kappa shape index (κ3) is 2.40. The normalized spacial score (nSPS) is 37.0. The Labute approximate surface area is 133 Å². The molecule has 1 unspecified atom stereocenters. The molecule has 1 amide bonds. The highest BCUT2D eigenvalue weighted by Gasteiger charge is 2.48. The van der Waals surface area contributed by atoms with Crippen LogP contribution in [0.3, 0.4) is 0 Å². The number of nitrogens with one attached hydrogen (secondary N) is 1. The highest BCUT2D eigenvalue weighted by atomic mass is 32.2. The fourth-order valence-corrected chi connectivity index (χ4v) is 5.74. The minimum atomic E-state index is -2.13. The zero-order valence-corrected chi connectivity index (χ0v) is 13.2. The topological polar surface area (TPSA) is 66.4 Å². The second kappa shape index (κ2) is 5.46. The molecule has 0 saturated heterocycles. The fourth-order valence-electron chi connectivity index (χ4n) is 5.20. The molecule has 4 nitrogen and oxygen atoms in total. The number of benzene rings is 1. The molecule has 4 aliphatic rings. The fraction of sp³-hybridized carbons (Fsp3) is 0.588. The van der Waals surface area contributed by atoms with E-state index in [4.69, 9.17) is 0 Å². The van der Waals surface area contributed by atoms with Gasteiger partial charge in [-0.1, -0.05) is 12.1 Å². The van der Waals surface area contributed by atoms with E-state index in [0.29, 0.717) is 17.4 Å². The second-order valence-electron chi connectivity index (χ2n) is 7.18. The van der Waals surface area contributed by atoms with Crippen molar-refractivity contribution in [2.75, 3.05) is 0 Å². The third-order valence-corrected chi connectivity index (χ3v) is 6.58. The lowest BCUT2D eigenvalue weighted by Gasteiger charge is -2.54. The van der Waals surface area contributed by atoms with Crippen molar-refractivity contribution in [3.8, 4) is 0 Å². The van der Waals surface area contributed by atoms with Crippen molar-refractivity contribution in [1.29, 1.82) is 0 Å². The summed E-state index contributed by atoms with van der Waals surface area (Å²) in [5, 5.41) is 3.19. The maximum absolute atomic E-state index is 12.6. The average molecular weight is 319 g/mol. The number of hydrogen-bond acceptors (Lipinski definition) is 2. The minimum absolute atomic E-state index is 0.198. The Kier molecular flexibility index (Phi) is 3.57. The Morgan fingerprint density at radius 2 is 1.64 bits per heavy atom. The zero-order chi connectivity index (χ0) is 15.3. The first-order valence-electron chi connectivity index (χ1n) is 8.12. The molecule has 4 aliphatic carbocycles. The van der Waals surface area contributed by atoms with Gasteiger partial charge in [0.1, 0.15) is 0 Å². The molecule has 2 N–H and O–H groups in total. The Bertz CT molecular complexity index is 602. The van der Waals surface area contributed by atoms with Crippen LogP contribution in [-0.4, -0.2) is 20.7 Å². The van der Waals surface area contributed by atoms with Crippen molar-refractivity contribution in [1.82, 2.24) is 5.32 Å². The van der Waals surface area contributed by atoms with E-state index in [9.17, 15) is 13.6 Å². The quantitative estimate of drug-likeness (QED) is 0.842. The Morgan fingerprint density at radius 3 is 2.23 bits per heavy atom.